The molecule has 0 aliphatic rings. The van der Waals surface area contributed by atoms with Gasteiger partial charge in [0.05, 0.1) is 0 Å². The van der Waals surface area contributed by atoms with Crippen LogP contribution in [0.2, 0.25) is 0 Å². The van der Waals surface area contributed by atoms with Gasteiger partial charge in [0.1, 0.15) is 5.60 Å². The number of aromatic nitrogens is 2. The Kier molecular flexibility index (Phi) is 2.08. The van der Waals surface area contributed by atoms with Gasteiger partial charge in [0.25, 0.3) is 0 Å². The third-order valence-electron chi connectivity index (χ3n) is 0.940. The fourth-order valence-corrected chi connectivity index (χ4v) is 0.612. The summed E-state index contributed by atoms with van der Waals surface area (Å²) < 4.78 is 5.38. The van der Waals surface area contributed by atoms with E-state index in [4.69, 9.17) is 4.74 Å². The Bertz CT molecular complexity index is 215. The molecule has 60 valence electrons. The van der Waals surface area contributed by atoms with Gasteiger partial charge in [-0.2, -0.15) is 0 Å². The van der Waals surface area contributed by atoms with E-state index in [1.54, 1.807) is 18.5 Å². The molecule has 0 aliphatic heterocycles. The molecular formula is C8H12N2O. The zero-order valence-corrected chi connectivity index (χ0v) is 7.03. The average molecular weight is 152 g/mol. The van der Waals surface area contributed by atoms with Crippen LogP contribution in [0.15, 0.2) is 18.5 Å². The molecule has 3 nitrogen and oxygen atoms in total. The fraction of sp³-hybridized carbons (Fsp3) is 0.500. The maximum atomic E-state index is 5.38. The van der Waals surface area contributed by atoms with Crippen molar-refractivity contribution < 1.29 is 4.74 Å². The van der Waals surface area contributed by atoms with Gasteiger partial charge in [-0.15, -0.1) is 0 Å². The van der Waals surface area contributed by atoms with Gasteiger partial charge < -0.3 is 4.74 Å². The number of hydrogen-bond donors (Lipinski definition) is 0. The molecule has 0 fully saturated rings. The van der Waals surface area contributed by atoms with Crippen LogP contribution in [0.1, 0.15) is 20.8 Å². The van der Waals surface area contributed by atoms with Crippen molar-refractivity contribution in [2.24, 2.45) is 0 Å². The highest BCUT2D eigenvalue weighted by molar-refractivity contribution is 4.95. The molecule has 11 heavy (non-hydrogen) atoms. The fourth-order valence-electron chi connectivity index (χ4n) is 0.612. The molecule has 1 heterocycles. The Balaban J connectivity index is 2.66. The lowest BCUT2D eigenvalue weighted by Crippen LogP contribution is -2.24. The number of rotatable bonds is 1. The monoisotopic (exact) mass is 152 g/mol. The van der Waals surface area contributed by atoms with Crippen LogP contribution in [0, 0.1) is 0 Å². The van der Waals surface area contributed by atoms with Crippen LogP contribution < -0.4 is 4.74 Å². The zero-order valence-electron chi connectivity index (χ0n) is 7.03. The van der Waals surface area contributed by atoms with E-state index >= 15 is 0 Å². The smallest absolute Gasteiger partial charge is 0.316 e. The summed E-state index contributed by atoms with van der Waals surface area (Å²) in [4.78, 5) is 7.86. The molecule has 0 unspecified atom stereocenters. The summed E-state index contributed by atoms with van der Waals surface area (Å²) in [6.45, 7) is 5.88. The Hall–Kier alpha value is -1.12. The second-order valence-electron chi connectivity index (χ2n) is 3.25. The van der Waals surface area contributed by atoms with Crippen molar-refractivity contribution in [3.05, 3.63) is 18.5 Å². The number of ether oxygens (including phenoxy) is 1. The predicted molar refractivity (Wildman–Crippen MR) is 42.4 cm³/mol. The van der Waals surface area contributed by atoms with E-state index in [-0.39, 0.29) is 5.60 Å². The minimum Gasteiger partial charge on any atom is -0.458 e. The summed E-state index contributed by atoms with van der Waals surface area (Å²) in [5.74, 6) is 0. The quantitative estimate of drug-likeness (QED) is 0.613. The Morgan fingerprint density at radius 1 is 1.18 bits per heavy atom. The second-order valence-corrected chi connectivity index (χ2v) is 3.25. The molecular weight excluding hydrogens is 140 g/mol. The third-order valence-corrected chi connectivity index (χ3v) is 0.940. The summed E-state index contributed by atoms with van der Waals surface area (Å²) >= 11 is 0. The zero-order chi connectivity index (χ0) is 8.32. The first-order valence-corrected chi connectivity index (χ1v) is 3.54. The number of hydrogen-bond acceptors (Lipinski definition) is 3. The number of nitrogens with zero attached hydrogens (tertiary/aromatic N) is 2. The van der Waals surface area contributed by atoms with E-state index < -0.39 is 0 Å². The van der Waals surface area contributed by atoms with E-state index in [0.717, 1.165) is 0 Å². The van der Waals surface area contributed by atoms with Crippen molar-refractivity contribution in [3.8, 4) is 6.01 Å². The van der Waals surface area contributed by atoms with Gasteiger partial charge in [-0.25, -0.2) is 9.97 Å². The Morgan fingerprint density at radius 3 is 2.18 bits per heavy atom. The molecule has 0 saturated carbocycles. The minimum atomic E-state index is -0.221. The van der Waals surface area contributed by atoms with Crippen LogP contribution >= 0.6 is 0 Å². The van der Waals surface area contributed by atoms with Gasteiger partial charge >= 0.3 is 6.01 Å². The molecule has 1 aromatic rings. The van der Waals surface area contributed by atoms with Crippen molar-refractivity contribution in [1.82, 2.24) is 9.97 Å². The third kappa shape index (κ3) is 2.98. The first-order valence-electron chi connectivity index (χ1n) is 3.54. The molecule has 3 heteroatoms. The highest BCUT2D eigenvalue weighted by atomic mass is 16.5. The van der Waals surface area contributed by atoms with E-state index in [0.29, 0.717) is 6.01 Å². The SMILES string of the molecule is CC(C)(C)Oc1ncccn1. The lowest BCUT2D eigenvalue weighted by Gasteiger charge is -2.18. The maximum Gasteiger partial charge on any atom is 0.316 e. The lowest BCUT2D eigenvalue weighted by molar-refractivity contribution is 0.117. The van der Waals surface area contributed by atoms with E-state index in [9.17, 15) is 0 Å². The molecule has 0 spiro atoms. The van der Waals surface area contributed by atoms with Crippen LogP contribution in [-0.2, 0) is 0 Å². The normalized spacial score (nSPS) is 11.2. The highest BCUT2D eigenvalue weighted by Crippen LogP contribution is 2.10. The van der Waals surface area contributed by atoms with Gasteiger partial charge in [-0.3, -0.25) is 0 Å². The van der Waals surface area contributed by atoms with Crippen LogP contribution in [0.4, 0.5) is 0 Å². The highest BCUT2D eigenvalue weighted by Gasteiger charge is 2.12. The first kappa shape index (κ1) is 7.98. The molecule has 1 rings (SSSR count). The van der Waals surface area contributed by atoms with Crippen molar-refractivity contribution in [1.29, 1.82) is 0 Å². The summed E-state index contributed by atoms with van der Waals surface area (Å²) in [6.07, 6.45) is 3.32. The van der Waals surface area contributed by atoms with Gasteiger partial charge in [0, 0.05) is 12.4 Å². The second kappa shape index (κ2) is 2.86. The summed E-state index contributed by atoms with van der Waals surface area (Å²) in [5.41, 5.74) is -0.221. The standard InChI is InChI=1S/C8H12N2O/c1-8(2,3)11-7-9-5-4-6-10-7/h4-6H,1-3H3. The molecule has 0 bridgehead atoms. The maximum absolute atomic E-state index is 5.38. The molecule has 0 amide bonds. The van der Waals surface area contributed by atoms with E-state index in [1.165, 1.54) is 0 Å². The van der Waals surface area contributed by atoms with Gasteiger partial charge in [-0.1, -0.05) is 0 Å². The molecule has 0 aromatic carbocycles. The van der Waals surface area contributed by atoms with Crippen LogP contribution in [-0.4, -0.2) is 15.6 Å². The Labute approximate surface area is 66.4 Å². The van der Waals surface area contributed by atoms with Crippen LogP contribution in [0.3, 0.4) is 0 Å². The summed E-state index contributed by atoms with van der Waals surface area (Å²) in [6, 6.07) is 2.19. The summed E-state index contributed by atoms with van der Waals surface area (Å²) in [7, 11) is 0. The van der Waals surface area contributed by atoms with Gasteiger partial charge in [-0.05, 0) is 26.8 Å². The minimum absolute atomic E-state index is 0.221. The van der Waals surface area contributed by atoms with Gasteiger partial charge in [0.15, 0.2) is 0 Å². The molecule has 0 atom stereocenters. The average Bonchev–Trinajstić information content (AvgIpc) is 1.85. The van der Waals surface area contributed by atoms with Crippen molar-refractivity contribution in [3.63, 3.8) is 0 Å². The van der Waals surface area contributed by atoms with Gasteiger partial charge in [0.2, 0.25) is 0 Å². The largest absolute Gasteiger partial charge is 0.458 e. The van der Waals surface area contributed by atoms with E-state index in [1.807, 2.05) is 20.8 Å². The van der Waals surface area contributed by atoms with Crippen molar-refractivity contribution >= 4 is 0 Å². The lowest BCUT2D eigenvalue weighted by atomic mass is 10.2. The topological polar surface area (TPSA) is 35.0 Å². The Morgan fingerprint density at radius 2 is 1.73 bits per heavy atom. The molecule has 1 aromatic heterocycles. The summed E-state index contributed by atoms with van der Waals surface area (Å²) in [5, 5.41) is 0. The molecule has 0 saturated heterocycles. The van der Waals surface area contributed by atoms with E-state index in [2.05, 4.69) is 9.97 Å². The molecule has 0 radical (unpaired) electrons. The molecule has 0 N–H and O–H groups in total. The molecule has 0 aliphatic carbocycles. The predicted octanol–water partition coefficient (Wildman–Crippen LogP) is 1.65. The van der Waals surface area contributed by atoms with Crippen molar-refractivity contribution in [2.75, 3.05) is 0 Å². The van der Waals surface area contributed by atoms with Crippen LogP contribution in [0.5, 0.6) is 6.01 Å². The first-order chi connectivity index (χ1) is 5.08. The van der Waals surface area contributed by atoms with Crippen LogP contribution in [0.25, 0.3) is 0 Å². The van der Waals surface area contributed by atoms with Crippen molar-refractivity contribution in [2.45, 2.75) is 26.4 Å².